The molecule has 0 saturated heterocycles. The molecule has 3 heteroatoms. The van der Waals surface area contributed by atoms with Gasteiger partial charge in [-0.2, -0.15) is 0 Å². The summed E-state index contributed by atoms with van der Waals surface area (Å²) in [4.78, 5) is 23.1. The second-order valence-electron chi connectivity index (χ2n) is 5.09. The lowest BCUT2D eigenvalue weighted by Crippen LogP contribution is -2.12. The maximum atomic E-state index is 12.2. The van der Waals surface area contributed by atoms with Gasteiger partial charge in [0.2, 0.25) is 0 Å². The molecule has 0 aromatic heterocycles. The quantitative estimate of drug-likeness (QED) is 0.842. The van der Waals surface area contributed by atoms with Crippen LogP contribution in [0.2, 0.25) is 0 Å². The number of rotatable bonds is 5. The van der Waals surface area contributed by atoms with Crippen molar-refractivity contribution in [2.45, 2.75) is 26.7 Å². The topological polar surface area (TPSA) is 46.2 Å². The van der Waals surface area contributed by atoms with Crippen LogP contribution in [-0.4, -0.2) is 12.2 Å². The predicted molar refractivity (Wildman–Crippen MR) is 85.0 cm³/mol. The number of nitrogens with one attached hydrogen (secondary N) is 1. The average molecular weight is 281 g/mol. The second kappa shape index (κ2) is 6.84. The summed E-state index contributed by atoms with van der Waals surface area (Å²) in [5, 5.41) is 2.81. The summed E-state index contributed by atoms with van der Waals surface area (Å²) in [5.74, 6) is -0.168. The van der Waals surface area contributed by atoms with Gasteiger partial charge in [-0.1, -0.05) is 31.5 Å². The van der Waals surface area contributed by atoms with Gasteiger partial charge in [0.15, 0.2) is 0 Å². The van der Waals surface area contributed by atoms with Crippen molar-refractivity contribution in [1.82, 2.24) is 0 Å². The van der Waals surface area contributed by atoms with Crippen LogP contribution in [0.25, 0.3) is 0 Å². The van der Waals surface area contributed by atoms with E-state index in [1.54, 1.807) is 12.1 Å². The van der Waals surface area contributed by atoms with Crippen molar-refractivity contribution in [2.24, 2.45) is 0 Å². The van der Waals surface area contributed by atoms with Gasteiger partial charge in [-0.3, -0.25) is 9.59 Å². The number of hydrogen-bond acceptors (Lipinski definition) is 2. The van der Waals surface area contributed by atoms with Crippen molar-refractivity contribution in [3.05, 3.63) is 64.7 Å². The average Bonchev–Trinajstić information content (AvgIpc) is 2.50. The fourth-order valence-corrected chi connectivity index (χ4v) is 2.16. The Morgan fingerprint density at radius 1 is 1.14 bits per heavy atom. The van der Waals surface area contributed by atoms with E-state index in [0.717, 1.165) is 24.7 Å². The van der Waals surface area contributed by atoms with Crippen molar-refractivity contribution < 1.29 is 9.59 Å². The highest BCUT2D eigenvalue weighted by atomic mass is 16.1. The largest absolute Gasteiger partial charge is 0.322 e. The monoisotopic (exact) mass is 281 g/mol. The highest BCUT2D eigenvalue weighted by Gasteiger charge is 2.07. The molecule has 0 aliphatic heterocycles. The SMILES string of the molecule is CCCc1ccc(C(=O)Nc2ccc(C)c(C=O)c2)cc1. The summed E-state index contributed by atoms with van der Waals surface area (Å²) in [6.45, 7) is 3.99. The van der Waals surface area contributed by atoms with E-state index in [1.807, 2.05) is 37.3 Å². The molecule has 0 fully saturated rings. The lowest BCUT2D eigenvalue weighted by Gasteiger charge is -2.08. The van der Waals surface area contributed by atoms with E-state index >= 15 is 0 Å². The maximum absolute atomic E-state index is 12.2. The zero-order valence-electron chi connectivity index (χ0n) is 12.3. The molecular weight excluding hydrogens is 262 g/mol. The van der Waals surface area contributed by atoms with Crippen LogP contribution in [0, 0.1) is 6.92 Å². The van der Waals surface area contributed by atoms with Crippen molar-refractivity contribution in [3.63, 3.8) is 0 Å². The van der Waals surface area contributed by atoms with Gasteiger partial charge in [0, 0.05) is 16.8 Å². The molecule has 0 bridgehead atoms. The zero-order valence-corrected chi connectivity index (χ0v) is 12.3. The van der Waals surface area contributed by atoms with E-state index in [0.29, 0.717) is 16.8 Å². The molecule has 2 aromatic rings. The first-order chi connectivity index (χ1) is 10.1. The van der Waals surface area contributed by atoms with Gasteiger partial charge in [0.25, 0.3) is 5.91 Å². The van der Waals surface area contributed by atoms with Gasteiger partial charge in [0.1, 0.15) is 6.29 Å². The third kappa shape index (κ3) is 3.78. The highest BCUT2D eigenvalue weighted by Crippen LogP contribution is 2.15. The Balaban J connectivity index is 2.12. The van der Waals surface area contributed by atoms with Crippen molar-refractivity contribution >= 4 is 17.9 Å². The van der Waals surface area contributed by atoms with Crippen LogP contribution in [0.5, 0.6) is 0 Å². The van der Waals surface area contributed by atoms with Gasteiger partial charge in [-0.25, -0.2) is 0 Å². The molecule has 0 unspecified atom stereocenters. The Labute approximate surface area is 125 Å². The highest BCUT2D eigenvalue weighted by molar-refractivity contribution is 6.04. The minimum atomic E-state index is -0.168. The predicted octanol–water partition coefficient (Wildman–Crippen LogP) is 4.01. The molecule has 0 aliphatic rings. The first kappa shape index (κ1) is 15.0. The number of amides is 1. The summed E-state index contributed by atoms with van der Waals surface area (Å²) in [6, 6.07) is 12.9. The maximum Gasteiger partial charge on any atom is 0.255 e. The fraction of sp³-hybridized carbons (Fsp3) is 0.222. The molecular formula is C18H19NO2. The Morgan fingerprint density at radius 2 is 1.86 bits per heavy atom. The van der Waals surface area contributed by atoms with Crippen molar-refractivity contribution in [2.75, 3.05) is 5.32 Å². The number of aryl methyl sites for hydroxylation is 2. The third-order valence-corrected chi connectivity index (χ3v) is 3.42. The molecule has 108 valence electrons. The molecule has 0 aliphatic carbocycles. The van der Waals surface area contributed by atoms with Crippen LogP contribution in [0.1, 0.15) is 45.2 Å². The number of benzene rings is 2. The number of carbonyl (C=O) groups excluding carboxylic acids is 2. The van der Waals surface area contributed by atoms with Crippen LogP contribution in [-0.2, 0) is 6.42 Å². The lowest BCUT2D eigenvalue weighted by molar-refractivity contribution is 0.102. The molecule has 1 N–H and O–H groups in total. The Kier molecular flexibility index (Phi) is 4.88. The molecule has 0 saturated carbocycles. The molecule has 21 heavy (non-hydrogen) atoms. The molecule has 0 spiro atoms. The van der Waals surface area contributed by atoms with E-state index < -0.39 is 0 Å². The Bertz CT molecular complexity index is 645. The Morgan fingerprint density at radius 3 is 2.48 bits per heavy atom. The van der Waals surface area contributed by atoms with Gasteiger partial charge >= 0.3 is 0 Å². The first-order valence-electron chi connectivity index (χ1n) is 7.10. The van der Waals surface area contributed by atoms with Crippen molar-refractivity contribution in [3.8, 4) is 0 Å². The number of hydrogen-bond donors (Lipinski definition) is 1. The Hall–Kier alpha value is -2.42. The lowest BCUT2D eigenvalue weighted by atomic mass is 10.1. The summed E-state index contributed by atoms with van der Waals surface area (Å²) in [7, 11) is 0. The molecule has 1 amide bonds. The summed E-state index contributed by atoms with van der Waals surface area (Å²) >= 11 is 0. The standard InChI is InChI=1S/C18H19NO2/c1-3-4-14-6-8-15(9-7-14)18(21)19-17-10-5-13(2)16(11-17)12-20/h5-12H,3-4H2,1-2H3,(H,19,21). The van der Waals surface area contributed by atoms with Crippen LogP contribution >= 0.6 is 0 Å². The van der Waals surface area contributed by atoms with Crippen LogP contribution in [0.4, 0.5) is 5.69 Å². The van der Waals surface area contributed by atoms with E-state index in [-0.39, 0.29) is 5.91 Å². The number of carbonyl (C=O) groups is 2. The number of aldehydes is 1. The van der Waals surface area contributed by atoms with Crippen LogP contribution < -0.4 is 5.32 Å². The van der Waals surface area contributed by atoms with Gasteiger partial charge in [0.05, 0.1) is 0 Å². The number of anilines is 1. The smallest absolute Gasteiger partial charge is 0.255 e. The molecule has 2 aromatic carbocycles. The molecule has 0 atom stereocenters. The van der Waals surface area contributed by atoms with Gasteiger partial charge < -0.3 is 5.32 Å². The van der Waals surface area contributed by atoms with Crippen molar-refractivity contribution in [1.29, 1.82) is 0 Å². The third-order valence-electron chi connectivity index (χ3n) is 3.42. The minimum absolute atomic E-state index is 0.168. The van der Waals surface area contributed by atoms with E-state index in [4.69, 9.17) is 0 Å². The van der Waals surface area contributed by atoms with Crippen LogP contribution in [0.15, 0.2) is 42.5 Å². The van der Waals surface area contributed by atoms with Gasteiger partial charge in [-0.05, 0) is 48.7 Å². The fourth-order valence-electron chi connectivity index (χ4n) is 2.16. The van der Waals surface area contributed by atoms with Crippen LogP contribution in [0.3, 0.4) is 0 Å². The van der Waals surface area contributed by atoms with E-state index in [9.17, 15) is 9.59 Å². The molecule has 3 nitrogen and oxygen atoms in total. The summed E-state index contributed by atoms with van der Waals surface area (Å²) in [6.07, 6.45) is 2.90. The minimum Gasteiger partial charge on any atom is -0.322 e. The molecule has 2 rings (SSSR count). The molecule has 0 heterocycles. The first-order valence-corrected chi connectivity index (χ1v) is 7.10. The zero-order chi connectivity index (χ0) is 15.2. The van der Waals surface area contributed by atoms with E-state index in [2.05, 4.69) is 12.2 Å². The summed E-state index contributed by atoms with van der Waals surface area (Å²) < 4.78 is 0. The van der Waals surface area contributed by atoms with Gasteiger partial charge in [-0.15, -0.1) is 0 Å². The van der Waals surface area contributed by atoms with E-state index in [1.165, 1.54) is 5.56 Å². The molecule has 0 radical (unpaired) electrons. The summed E-state index contributed by atoms with van der Waals surface area (Å²) in [5.41, 5.74) is 3.96. The normalized spacial score (nSPS) is 10.2. The second-order valence-corrected chi connectivity index (χ2v) is 5.09.